The predicted molar refractivity (Wildman–Crippen MR) is 129 cm³/mol. The summed E-state index contributed by atoms with van der Waals surface area (Å²) in [5.74, 6) is 0.147. The van der Waals surface area contributed by atoms with Crippen molar-refractivity contribution in [2.75, 3.05) is 70.9 Å². The van der Waals surface area contributed by atoms with Crippen LogP contribution in [0.2, 0.25) is 0 Å². The SMILES string of the molecule is CN(C(=O)CN1CCN(CC2CN(Cc3ccccc3)CCCO2)CC1)c1ccccc1. The Morgan fingerprint density at radius 2 is 1.56 bits per heavy atom. The van der Waals surface area contributed by atoms with E-state index in [4.69, 9.17) is 4.74 Å². The van der Waals surface area contributed by atoms with E-state index < -0.39 is 0 Å². The van der Waals surface area contributed by atoms with E-state index in [0.717, 1.165) is 71.1 Å². The molecule has 2 saturated heterocycles. The van der Waals surface area contributed by atoms with E-state index in [1.807, 2.05) is 37.4 Å². The third kappa shape index (κ3) is 6.62. The summed E-state index contributed by atoms with van der Waals surface area (Å²) in [5.41, 5.74) is 2.31. The molecule has 0 spiro atoms. The van der Waals surface area contributed by atoms with Crippen LogP contribution in [0.5, 0.6) is 0 Å². The lowest BCUT2D eigenvalue weighted by molar-refractivity contribution is -0.120. The topological polar surface area (TPSA) is 39.3 Å². The third-order valence-corrected chi connectivity index (χ3v) is 6.49. The summed E-state index contributed by atoms with van der Waals surface area (Å²) in [6.45, 7) is 9.18. The second kappa shape index (κ2) is 11.6. The molecule has 172 valence electrons. The fourth-order valence-corrected chi connectivity index (χ4v) is 4.58. The van der Waals surface area contributed by atoms with Crippen molar-refractivity contribution in [1.82, 2.24) is 14.7 Å². The molecule has 2 fully saturated rings. The minimum absolute atomic E-state index is 0.147. The van der Waals surface area contributed by atoms with Gasteiger partial charge in [-0.2, -0.15) is 0 Å². The van der Waals surface area contributed by atoms with Crippen LogP contribution >= 0.6 is 0 Å². The van der Waals surface area contributed by atoms with Crippen molar-refractivity contribution < 1.29 is 9.53 Å². The molecule has 0 aromatic heterocycles. The lowest BCUT2D eigenvalue weighted by atomic mass is 10.2. The number of amides is 1. The van der Waals surface area contributed by atoms with E-state index in [1.54, 1.807) is 4.90 Å². The summed E-state index contributed by atoms with van der Waals surface area (Å²) in [4.78, 5) is 21.7. The zero-order valence-corrected chi connectivity index (χ0v) is 19.2. The van der Waals surface area contributed by atoms with Gasteiger partial charge in [0.15, 0.2) is 0 Å². The Morgan fingerprint density at radius 1 is 0.906 bits per heavy atom. The molecule has 2 aliphatic rings. The van der Waals surface area contributed by atoms with E-state index in [-0.39, 0.29) is 12.0 Å². The van der Waals surface area contributed by atoms with Gasteiger partial charge in [0.2, 0.25) is 5.91 Å². The molecule has 2 aromatic rings. The van der Waals surface area contributed by atoms with Gasteiger partial charge in [-0.1, -0.05) is 48.5 Å². The van der Waals surface area contributed by atoms with E-state index >= 15 is 0 Å². The third-order valence-electron chi connectivity index (χ3n) is 6.49. The lowest BCUT2D eigenvalue weighted by Crippen LogP contribution is -2.52. The Kier molecular flexibility index (Phi) is 8.29. The molecule has 0 saturated carbocycles. The first-order chi connectivity index (χ1) is 15.7. The van der Waals surface area contributed by atoms with Crippen molar-refractivity contribution in [1.29, 1.82) is 0 Å². The molecule has 2 aliphatic heterocycles. The molecule has 6 nitrogen and oxygen atoms in total. The summed E-state index contributed by atoms with van der Waals surface area (Å²) in [6.07, 6.45) is 1.34. The molecule has 0 aliphatic carbocycles. The first-order valence-electron chi connectivity index (χ1n) is 11.8. The van der Waals surface area contributed by atoms with Crippen molar-refractivity contribution in [3.05, 3.63) is 66.2 Å². The van der Waals surface area contributed by atoms with E-state index in [2.05, 4.69) is 45.0 Å². The average Bonchev–Trinajstić information content (AvgIpc) is 3.05. The number of piperazine rings is 1. The number of carbonyl (C=O) groups excluding carboxylic acids is 1. The van der Waals surface area contributed by atoms with E-state index in [0.29, 0.717) is 6.54 Å². The van der Waals surface area contributed by atoms with Gasteiger partial charge < -0.3 is 9.64 Å². The molecular formula is C26H36N4O2. The summed E-state index contributed by atoms with van der Waals surface area (Å²) in [6, 6.07) is 20.6. The Morgan fingerprint density at radius 3 is 2.28 bits per heavy atom. The van der Waals surface area contributed by atoms with E-state index in [9.17, 15) is 4.79 Å². The number of para-hydroxylation sites is 1. The molecule has 32 heavy (non-hydrogen) atoms. The molecule has 0 N–H and O–H groups in total. The zero-order valence-electron chi connectivity index (χ0n) is 19.2. The first-order valence-corrected chi connectivity index (χ1v) is 11.8. The Balaban J connectivity index is 1.21. The number of likely N-dealkylation sites (N-methyl/N-ethyl adjacent to an activating group) is 1. The van der Waals surface area contributed by atoms with Crippen molar-refractivity contribution in [2.24, 2.45) is 0 Å². The largest absolute Gasteiger partial charge is 0.376 e. The van der Waals surface area contributed by atoms with Gasteiger partial charge in [-0.25, -0.2) is 0 Å². The molecule has 2 heterocycles. The standard InChI is InChI=1S/C26H36N4O2/c1-27(24-11-6-3-7-12-24)26(31)22-29-16-14-28(15-17-29)20-25-21-30(13-8-18-32-25)19-23-9-4-2-5-10-23/h2-7,9-12,25H,8,13-22H2,1H3. The fourth-order valence-electron chi connectivity index (χ4n) is 4.58. The second-order valence-electron chi connectivity index (χ2n) is 8.93. The summed E-state index contributed by atoms with van der Waals surface area (Å²) in [7, 11) is 1.86. The fraction of sp³-hybridized carbons (Fsp3) is 0.500. The molecule has 0 bridgehead atoms. The molecule has 2 aromatic carbocycles. The van der Waals surface area contributed by atoms with Crippen LogP contribution in [0.3, 0.4) is 0 Å². The van der Waals surface area contributed by atoms with Crippen molar-refractivity contribution in [3.63, 3.8) is 0 Å². The summed E-state index contributed by atoms with van der Waals surface area (Å²) < 4.78 is 6.19. The van der Waals surface area contributed by atoms with Crippen molar-refractivity contribution >= 4 is 11.6 Å². The van der Waals surface area contributed by atoms with Crippen molar-refractivity contribution in [2.45, 2.75) is 19.1 Å². The number of benzene rings is 2. The second-order valence-corrected chi connectivity index (χ2v) is 8.93. The summed E-state index contributed by atoms with van der Waals surface area (Å²) >= 11 is 0. The van der Waals surface area contributed by atoms with Gasteiger partial charge in [0.1, 0.15) is 0 Å². The minimum atomic E-state index is 0.147. The normalized spacial score (nSPS) is 21.2. The van der Waals surface area contributed by atoms with Crippen LogP contribution in [0.25, 0.3) is 0 Å². The van der Waals surface area contributed by atoms with Gasteiger partial charge >= 0.3 is 0 Å². The molecule has 4 rings (SSSR count). The highest BCUT2D eigenvalue weighted by atomic mass is 16.5. The number of carbonyl (C=O) groups is 1. The van der Waals surface area contributed by atoms with Crippen molar-refractivity contribution in [3.8, 4) is 0 Å². The maximum Gasteiger partial charge on any atom is 0.240 e. The van der Waals surface area contributed by atoms with Gasteiger partial charge in [-0.05, 0) is 24.1 Å². The van der Waals surface area contributed by atoms with E-state index in [1.165, 1.54) is 5.56 Å². The number of nitrogens with zero attached hydrogens (tertiary/aromatic N) is 4. The monoisotopic (exact) mass is 436 g/mol. The maximum absolute atomic E-state index is 12.7. The van der Waals surface area contributed by atoms with Crippen LogP contribution in [-0.2, 0) is 16.1 Å². The van der Waals surface area contributed by atoms with Crippen LogP contribution in [0.1, 0.15) is 12.0 Å². The highest BCUT2D eigenvalue weighted by Crippen LogP contribution is 2.14. The van der Waals surface area contributed by atoms with Crippen LogP contribution in [-0.4, -0.2) is 92.7 Å². The number of hydrogen-bond acceptors (Lipinski definition) is 5. The Labute approximate surface area is 192 Å². The highest BCUT2D eigenvalue weighted by molar-refractivity contribution is 5.94. The Hall–Kier alpha value is -2.25. The quantitative estimate of drug-likeness (QED) is 0.667. The highest BCUT2D eigenvalue weighted by Gasteiger charge is 2.25. The molecule has 0 radical (unpaired) electrons. The molecule has 1 unspecified atom stereocenters. The first kappa shape index (κ1) is 22.9. The van der Waals surface area contributed by atoms with Gasteiger partial charge in [-0.3, -0.25) is 19.5 Å². The molecule has 6 heteroatoms. The van der Waals surface area contributed by atoms with Crippen LogP contribution in [0, 0.1) is 0 Å². The lowest BCUT2D eigenvalue weighted by Gasteiger charge is -2.37. The van der Waals surface area contributed by atoms with Gasteiger partial charge in [0.05, 0.1) is 12.6 Å². The molecular weight excluding hydrogens is 400 g/mol. The number of anilines is 1. The molecule has 1 amide bonds. The minimum Gasteiger partial charge on any atom is -0.376 e. The maximum atomic E-state index is 12.7. The van der Waals surface area contributed by atoms with Crippen LogP contribution in [0.15, 0.2) is 60.7 Å². The van der Waals surface area contributed by atoms with Gasteiger partial charge in [0, 0.05) is 71.7 Å². The van der Waals surface area contributed by atoms with Gasteiger partial charge in [-0.15, -0.1) is 0 Å². The smallest absolute Gasteiger partial charge is 0.240 e. The van der Waals surface area contributed by atoms with Crippen LogP contribution < -0.4 is 4.90 Å². The Bertz CT molecular complexity index is 824. The van der Waals surface area contributed by atoms with Crippen LogP contribution in [0.4, 0.5) is 5.69 Å². The zero-order chi connectivity index (χ0) is 22.2. The van der Waals surface area contributed by atoms with Gasteiger partial charge in [0.25, 0.3) is 0 Å². The number of ether oxygens (including phenoxy) is 1. The molecule has 1 atom stereocenters. The average molecular weight is 437 g/mol. The number of rotatable bonds is 7. The predicted octanol–water partition coefficient (Wildman–Crippen LogP) is 2.56. The summed E-state index contributed by atoms with van der Waals surface area (Å²) in [5, 5.41) is 0. The number of hydrogen-bond donors (Lipinski definition) is 0.